The predicted octanol–water partition coefficient (Wildman–Crippen LogP) is 2.93. The molecule has 1 aromatic carbocycles. The van der Waals surface area contributed by atoms with Crippen molar-refractivity contribution in [2.75, 3.05) is 19.6 Å². The van der Waals surface area contributed by atoms with Crippen LogP contribution < -0.4 is 5.32 Å². The smallest absolute Gasteiger partial charge is 0.255 e. The molecule has 0 spiro atoms. The van der Waals surface area contributed by atoms with E-state index in [1.165, 1.54) is 11.8 Å². The van der Waals surface area contributed by atoms with Crippen LogP contribution in [0.15, 0.2) is 48.8 Å². The molecule has 5 heteroatoms. The van der Waals surface area contributed by atoms with Crippen molar-refractivity contribution >= 4 is 11.8 Å². The molecule has 2 heterocycles. The molecule has 1 atom stereocenters. The SMILES string of the molecule is CC1CCCN(C(=O)c2cncc(C(=O)NCCc3ccccc3)c2)C1. The summed E-state index contributed by atoms with van der Waals surface area (Å²) in [6, 6.07) is 11.7. The molecule has 0 saturated carbocycles. The lowest BCUT2D eigenvalue weighted by Gasteiger charge is -2.30. The van der Waals surface area contributed by atoms with Gasteiger partial charge in [0.1, 0.15) is 0 Å². The number of piperidine rings is 1. The highest BCUT2D eigenvalue weighted by atomic mass is 16.2. The van der Waals surface area contributed by atoms with Crippen molar-refractivity contribution in [3.05, 3.63) is 65.5 Å². The van der Waals surface area contributed by atoms with Crippen LogP contribution in [0, 0.1) is 5.92 Å². The van der Waals surface area contributed by atoms with Crippen LogP contribution >= 0.6 is 0 Å². The van der Waals surface area contributed by atoms with E-state index in [1.54, 1.807) is 12.3 Å². The van der Waals surface area contributed by atoms with E-state index in [0.717, 1.165) is 32.4 Å². The zero-order valence-corrected chi connectivity index (χ0v) is 15.1. The van der Waals surface area contributed by atoms with Crippen molar-refractivity contribution in [1.29, 1.82) is 0 Å². The second kappa shape index (κ2) is 8.61. The highest BCUT2D eigenvalue weighted by Crippen LogP contribution is 2.18. The number of hydrogen-bond acceptors (Lipinski definition) is 3. The van der Waals surface area contributed by atoms with Gasteiger partial charge in [-0.2, -0.15) is 0 Å². The standard InChI is InChI=1S/C21H25N3O2/c1-16-6-5-11-24(15-16)21(26)19-12-18(13-22-14-19)20(25)23-10-9-17-7-3-2-4-8-17/h2-4,7-8,12-14,16H,5-6,9-11,15H2,1H3,(H,23,25). The van der Waals surface area contributed by atoms with Gasteiger partial charge in [0.25, 0.3) is 11.8 Å². The van der Waals surface area contributed by atoms with Crippen LogP contribution in [-0.4, -0.2) is 41.3 Å². The average Bonchev–Trinajstić information content (AvgIpc) is 2.68. The van der Waals surface area contributed by atoms with Crippen molar-refractivity contribution in [3.63, 3.8) is 0 Å². The Labute approximate surface area is 154 Å². The summed E-state index contributed by atoms with van der Waals surface area (Å²) in [5.74, 6) is 0.281. The molecule has 0 bridgehead atoms. The zero-order valence-electron chi connectivity index (χ0n) is 15.1. The summed E-state index contributed by atoms with van der Waals surface area (Å²) < 4.78 is 0. The lowest BCUT2D eigenvalue weighted by atomic mass is 9.99. The van der Waals surface area contributed by atoms with Gasteiger partial charge in [-0.1, -0.05) is 37.3 Å². The Hall–Kier alpha value is -2.69. The lowest BCUT2D eigenvalue weighted by molar-refractivity contribution is 0.0682. The lowest BCUT2D eigenvalue weighted by Crippen LogP contribution is -2.39. The number of aromatic nitrogens is 1. The maximum Gasteiger partial charge on any atom is 0.255 e. The number of rotatable bonds is 5. The van der Waals surface area contributed by atoms with Gasteiger partial charge in [-0.05, 0) is 36.8 Å². The van der Waals surface area contributed by atoms with Crippen LogP contribution in [0.25, 0.3) is 0 Å². The minimum Gasteiger partial charge on any atom is -0.352 e. The maximum absolute atomic E-state index is 12.7. The predicted molar refractivity (Wildman–Crippen MR) is 101 cm³/mol. The number of pyridine rings is 1. The molecule has 2 amide bonds. The number of likely N-dealkylation sites (tertiary alicyclic amines) is 1. The minimum atomic E-state index is -0.199. The van der Waals surface area contributed by atoms with Gasteiger partial charge in [-0.15, -0.1) is 0 Å². The van der Waals surface area contributed by atoms with E-state index in [0.29, 0.717) is 23.6 Å². The third-order valence-electron chi connectivity index (χ3n) is 4.73. The van der Waals surface area contributed by atoms with Crippen LogP contribution in [0.2, 0.25) is 0 Å². The van der Waals surface area contributed by atoms with Gasteiger partial charge >= 0.3 is 0 Å². The van der Waals surface area contributed by atoms with Crippen molar-refractivity contribution in [2.24, 2.45) is 5.92 Å². The van der Waals surface area contributed by atoms with E-state index < -0.39 is 0 Å². The highest BCUT2D eigenvalue weighted by molar-refractivity contribution is 5.99. The summed E-state index contributed by atoms with van der Waals surface area (Å²) >= 11 is 0. The number of amides is 2. The third kappa shape index (κ3) is 4.69. The van der Waals surface area contributed by atoms with Crippen molar-refractivity contribution < 1.29 is 9.59 Å². The molecule has 1 aromatic heterocycles. The second-order valence-electron chi connectivity index (χ2n) is 6.95. The number of nitrogens with zero attached hydrogens (tertiary/aromatic N) is 2. The molecule has 136 valence electrons. The van der Waals surface area contributed by atoms with Crippen LogP contribution in [0.4, 0.5) is 0 Å². The highest BCUT2D eigenvalue weighted by Gasteiger charge is 2.22. The number of benzene rings is 1. The Bertz CT molecular complexity index is 761. The van der Waals surface area contributed by atoms with E-state index >= 15 is 0 Å². The van der Waals surface area contributed by atoms with Crippen molar-refractivity contribution in [2.45, 2.75) is 26.2 Å². The molecule has 1 aliphatic heterocycles. The fourth-order valence-electron chi connectivity index (χ4n) is 3.30. The number of hydrogen-bond donors (Lipinski definition) is 1. The number of carbonyl (C=O) groups is 2. The second-order valence-corrected chi connectivity index (χ2v) is 6.95. The van der Waals surface area contributed by atoms with E-state index in [1.807, 2.05) is 35.2 Å². The molecule has 1 N–H and O–H groups in total. The Morgan fingerprint density at radius 2 is 1.96 bits per heavy atom. The Kier molecular flexibility index (Phi) is 6.00. The summed E-state index contributed by atoms with van der Waals surface area (Å²) in [7, 11) is 0. The molecular weight excluding hydrogens is 326 g/mol. The average molecular weight is 351 g/mol. The summed E-state index contributed by atoms with van der Waals surface area (Å²) in [5.41, 5.74) is 2.08. The van der Waals surface area contributed by atoms with Gasteiger partial charge in [0.2, 0.25) is 0 Å². The molecule has 2 aromatic rings. The molecule has 1 fully saturated rings. The molecule has 1 aliphatic rings. The van der Waals surface area contributed by atoms with E-state index in [9.17, 15) is 9.59 Å². The first-order valence-corrected chi connectivity index (χ1v) is 9.20. The van der Waals surface area contributed by atoms with Crippen molar-refractivity contribution in [3.8, 4) is 0 Å². The quantitative estimate of drug-likeness (QED) is 0.901. The first-order chi connectivity index (χ1) is 12.6. The summed E-state index contributed by atoms with van der Waals surface area (Å²) in [5, 5.41) is 2.90. The zero-order chi connectivity index (χ0) is 18.4. The molecule has 5 nitrogen and oxygen atoms in total. The van der Waals surface area contributed by atoms with Gasteiger partial charge in [-0.25, -0.2) is 0 Å². The summed E-state index contributed by atoms with van der Waals surface area (Å²) in [6.07, 6.45) is 6.01. The van der Waals surface area contributed by atoms with E-state index in [2.05, 4.69) is 17.2 Å². The fourth-order valence-corrected chi connectivity index (χ4v) is 3.30. The van der Waals surface area contributed by atoms with Crippen LogP contribution in [0.3, 0.4) is 0 Å². The topological polar surface area (TPSA) is 62.3 Å². The number of nitrogens with one attached hydrogen (secondary N) is 1. The van der Waals surface area contributed by atoms with Gasteiger partial charge in [0, 0.05) is 32.0 Å². The molecule has 1 saturated heterocycles. The summed E-state index contributed by atoms with van der Waals surface area (Å²) in [6.45, 7) is 4.25. The van der Waals surface area contributed by atoms with E-state index in [-0.39, 0.29) is 11.8 Å². The van der Waals surface area contributed by atoms with Gasteiger partial charge < -0.3 is 10.2 Å². The van der Waals surface area contributed by atoms with Gasteiger partial charge in [0.05, 0.1) is 11.1 Å². The van der Waals surface area contributed by atoms with Crippen molar-refractivity contribution in [1.82, 2.24) is 15.2 Å². The maximum atomic E-state index is 12.7. The Morgan fingerprint density at radius 3 is 2.73 bits per heavy atom. The molecule has 26 heavy (non-hydrogen) atoms. The molecule has 0 radical (unpaired) electrons. The molecule has 3 rings (SSSR count). The Balaban J connectivity index is 1.59. The van der Waals surface area contributed by atoms with Crippen LogP contribution in [0.1, 0.15) is 46.0 Å². The monoisotopic (exact) mass is 351 g/mol. The largest absolute Gasteiger partial charge is 0.352 e. The third-order valence-corrected chi connectivity index (χ3v) is 4.73. The fraction of sp³-hybridized carbons (Fsp3) is 0.381. The normalized spacial score (nSPS) is 17.0. The van der Waals surface area contributed by atoms with Crippen LogP contribution in [-0.2, 0) is 6.42 Å². The first kappa shape index (κ1) is 18.1. The summed E-state index contributed by atoms with van der Waals surface area (Å²) in [4.78, 5) is 31.0. The molecule has 0 aliphatic carbocycles. The number of carbonyl (C=O) groups excluding carboxylic acids is 2. The van der Waals surface area contributed by atoms with Gasteiger partial charge in [-0.3, -0.25) is 14.6 Å². The molecule has 1 unspecified atom stereocenters. The molecular formula is C21H25N3O2. The first-order valence-electron chi connectivity index (χ1n) is 9.20. The van der Waals surface area contributed by atoms with Crippen LogP contribution in [0.5, 0.6) is 0 Å². The minimum absolute atomic E-state index is 0.0389. The Morgan fingerprint density at radius 1 is 1.19 bits per heavy atom. The van der Waals surface area contributed by atoms with E-state index in [4.69, 9.17) is 0 Å². The van der Waals surface area contributed by atoms with Gasteiger partial charge in [0.15, 0.2) is 0 Å².